The Labute approximate surface area is 138 Å². The quantitative estimate of drug-likeness (QED) is 0.797. The fourth-order valence-corrected chi connectivity index (χ4v) is 2.35. The van der Waals surface area contributed by atoms with E-state index >= 15 is 0 Å². The van der Waals surface area contributed by atoms with Crippen LogP contribution in [0.1, 0.15) is 35.1 Å². The average Bonchev–Trinajstić information content (AvgIpc) is 2.76. The van der Waals surface area contributed by atoms with Gasteiger partial charge in [-0.3, -0.25) is 9.63 Å². The molecule has 118 valence electrons. The third-order valence-electron chi connectivity index (χ3n) is 3.29. The standard InChI is InChI=1S/C16H20BrN3O2/c1-11(19-22-10-14-7-5-4-6-8-14)9-15(21)20-13(3)16(17)12(2)18-20/h4-8,11,19H,9-10H2,1-3H3/t11-/m0/s1. The summed E-state index contributed by atoms with van der Waals surface area (Å²) in [5.41, 5.74) is 5.61. The third-order valence-corrected chi connectivity index (χ3v) is 4.43. The van der Waals surface area contributed by atoms with Gasteiger partial charge in [-0.2, -0.15) is 10.6 Å². The maximum absolute atomic E-state index is 12.3. The topological polar surface area (TPSA) is 56.2 Å². The molecule has 1 N–H and O–H groups in total. The number of halogens is 1. The first-order chi connectivity index (χ1) is 10.5. The number of aromatic nitrogens is 2. The zero-order valence-electron chi connectivity index (χ0n) is 13.0. The van der Waals surface area contributed by atoms with Crippen LogP contribution in [0, 0.1) is 13.8 Å². The van der Waals surface area contributed by atoms with Crippen LogP contribution >= 0.6 is 15.9 Å². The van der Waals surface area contributed by atoms with Crippen molar-refractivity contribution in [1.82, 2.24) is 15.3 Å². The molecule has 0 saturated heterocycles. The second-order valence-electron chi connectivity index (χ2n) is 5.29. The predicted molar refractivity (Wildman–Crippen MR) is 88.5 cm³/mol. The molecule has 6 heteroatoms. The molecule has 0 aliphatic rings. The highest BCUT2D eigenvalue weighted by atomic mass is 79.9. The largest absolute Gasteiger partial charge is 0.297 e. The predicted octanol–water partition coefficient (Wildman–Crippen LogP) is 3.40. The normalized spacial score (nSPS) is 12.4. The molecule has 0 bridgehead atoms. The Morgan fingerprint density at radius 2 is 2.05 bits per heavy atom. The summed E-state index contributed by atoms with van der Waals surface area (Å²) in [6, 6.07) is 9.78. The summed E-state index contributed by atoms with van der Waals surface area (Å²) >= 11 is 3.43. The van der Waals surface area contributed by atoms with E-state index in [2.05, 4.69) is 26.5 Å². The second-order valence-corrected chi connectivity index (χ2v) is 6.08. The maximum Gasteiger partial charge on any atom is 0.248 e. The molecule has 1 atom stereocenters. The van der Waals surface area contributed by atoms with Gasteiger partial charge >= 0.3 is 0 Å². The minimum Gasteiger partial charge on any atom is -0.297 e. The van der Waals surface area contributed by atoms with E-state index in [1.165, 1.54) is 4.68 Å². The van der Waals surface area contributed by atoms with Crippen LogP contribution in [-0.2, 0) is 11.4 Å². The molecular formula is C16H20BrN3O2. The Bertz CT molecular complexity index is 640. The second kappa shape index (κ2) is 7.67. The van der Waals surface area contributed by atoms with Crippen molar-refractivity contribution in [3.63, 3.8) is 0 Å². The lowest BCUT2D eigenvalue weighted by molar-refractivity contribution is 0.00560. The molecule has 0 saturated carbocycles. The lowest BCUT2D eigenvalue weighted by Gasteiger charge is -2.13. The number of nitrogens with one attached hydrogen (secondary N) is 1. The summed E-state index contributed by atoms with van der Waals surface area (Å²) in [6.45, 7) is 6.10. The van der Waals surface area contributed by atoms with Gasteiger partial charge in [-0.25, -0.2) is 4.68 Å². The molecule has 0 amide bonds. The first-order valence-corrected chi connectivity index (χ1v) is 7.94. The molecule has 0 unspecified atom stereocenters. The van der Waals surface area contributed by atoms with Crippen molar-refractivity contribution >= 4 is 21.8 Å². The van der Waals surface area contributed by atoms with Gasteiger partial charge in [-0.15, -0.1) is 0 Å². The van der Waals surface area contributed by atoms with Gasteiger partial charge in [0.25, 0.3) is 0 Å². The molecule has 1 aromatic heterocycles. The number of rotatable bonds is 6. The molecule has 2 aromatic rings. The average molecular weight is 366 g/mol. The summed E-state index contributed by atoms with van der Waals surface area (Å²) in [5.74, 6) is -0.0605. The molecular weight excluding hydrogens is 346 g/mol. The lowest BCUT2D eigenvalue weighted by Crippen LogP contribution is -2.31. The van der Waals surface area contributed by atoms with E-state index in [-0.39, 0.29) is 11.9 Å². The molecule has 5 nitrogen and oxygen atoms in total. The minimum atomic E-state index is -0.0982. The van der Waals surface area contributed by atoms with Crippen LogP contribution < -0.4 is 5.48 Å². The Morgan fingerprint density at radius 1 is 1.36 bits per heavy atom. The molecule has 0 aliphatic heterocycles. The minimum absolute atomic E-state index is 0.0605. The van der Waals surface area contributed by atoms with Crippen LogP contribution in [0.4, 0.5) is 0 Å². The van der Waals surface area contributed by atoms with Crippen LogP contribution in [0.3, 0.4) is 0 Å². The highest BCUT2D eigenvalue weighted by Gasteiger charge is 2.17. The first kappa shape index (κ1) is 16.9. The van der Waals surface area contributed by atoms with Crippen LogP contribution in [-0.4, -0.2) is 21.7 Å². The molecule has 0 aliphatic carbocycles. The van der Waals surface area contributed by atoms with E-state index in [1.807, 2.05) is 51.1 Å². The number of aryl methyl sites for hydroxylation is 1. The third kappa shape index (κ3) is 4.25. The zero-order valence-corrected chi connectivity index (χ0v) is 14.6. The highest BCUT2D eigenvalue weighted by molar-refractivity contribution is 9.10. The number of hydrogen-bond acceptors (Lipinski definition) is 4. The fourth-order valence-electron chi connectivity index (χ4n) is 2.10. The number of hydroxylamine groups is 1. The van der Waals surface area contributed by atoms with Gasteiger partial charge in [0.05, 0.1) is 22.5 Å². The van der Waals surface area contributed by atoms with E-state index < -0.39 is 0 Å². The van der Waals surface area contributed by atoms with Gasteiger partial charge in [0.15, 0.2) is 0 Å². The Morgan fingerprint density at radius 3 is 2.64 bits per heavy atom. The van der Waals surface area contributed by atoms with Gasteiger partial charge in [-0.1, -0.05) is 30.3 Å². The van der Waals surface area contributed by atoms with E-state index in [9.17, 15) is 4.79 Å². The van der Waals surface area contributed by atoms with Crippen molar-refractivity contribution in [2.75, 3.05) is 0 Å². The van der Waals surface area contributed by atoms with Crippen LogP contribution in [0.15, 0.2) is 34.8 Å². The van der Waals surface area contributed by atoms with Crippen molar-refractivity contribution in [2.45, 2.75) is 39.8 Å². The smallest absolute Gasteiger partial charge is 0.248 e. The molecule has 0 radical (unpaired) electrons. The molecule has 1 aromatic carbocycles. The van der Waals surface area contributed by atoms with Crippen molar-refractivity contribution in [1.29, 1.82) is 0 Å². The molecule has 2 rings (SSSR count). The van der Waals surface area contributed by atoms with Gasteiger partial charge < -0.3 is 0 Å². The number of nitrogens with zero attached hydrogens (tertiary/aromatic N) is 2. The molecule has 1 heterocycles. The van der Waals surface area contributed by atoms with E-state index in [0.717, 1.165) is 21.4 Å². The summed E-state index contributed by atoms with van der Waals surface area (Å²) in [4.78, 5) is 17.7. The van der Waals surface area contributed by atoms with Crippen molar-refractivity contribution in [3.05, 3.63) is 51.8 Å². The Balaban J connectivity index is 1.82. The van der Waals surface area contributed by atoms with Gasteiger partial charge in [0.1, 0.15) is 0 Å². The Hall–Kier alpha value is -1.50. The number of benzene rings is 1. The lowest BCUT2D eigenvalue weighted by atomic mass is 10.2. The van der Waals surface area contributed by atoms with Crippen LogP contribution in [0.25, 0.3) is 0 Å². The van der Waals surface area contributed by atoms with Crippen LogP contribution in [0.2, 0.25) is 0 Å². The van der Waals surface area contributed by atoms with E-state index in [0.29, 0.717) is 13.0 Å². The van der Waals surface area contributed by atoms with Crippen molar-refractivity contribution < 1.29 is 9.63 Å². The maximum atomic E-state index is 12.3. The molecule has 0 fully saturated rings. The zero-order chi connectivity index (χ0) is 16.1. The first-order valence-electron chi connectivity index (χ1n) is 7.15. The van der Waals surface area contributed by atoms with Gasteiger partial charge in [0.2, 0.25) is 5.91 Å². The fraction of sp³-hybridized carbons (Fsp3) is 0.375. The van der Waals surface area contributed by atoms with Crippen molar-refractivity contribution in [2.24, 2.45) is 0 Å². The highest BCUT2D eigenvalue weighted by Crippen LogP contribution is 2.20. The van der Waals surface area contributed by atoms with Gasteiger partial charge in [0, 0.05) is 12.5 Å². The number of hydrogen-bond donors (Lipinski definition) is 1. The number of carbonyl (C=O) groups excluding carboxylic acids is 1. The summed E-state index contributed by atoms with van der Waals surface area (Å²) in [6.07, 6.45) is 0.309. The van der Waals surface area contributed by atoms with Gasteiger partial charge in [-0.05, 0) is 42.3 Å². The molecule has 0 spiro atoms. The SMILES string of the molecule is Cc1nn(C(=O)C[C@H](C)NOCc2ccccc2)c(C)c1Br. The molecule has 22 heavy (non-hydrogen) atoms. The summed E-state index contributed by atoms with van der Waals surface area (Å²) < 4.78 is 2.32. The van der Waals surface area contributed by atoms with Crippen LogP contribution in [0.5, 0.6) is 0 Å². The summed E-state index contributed by atoms with van der Waals surface area (Å²) in [5, 5.41) is 4.24. The van der Waals surface area contributed by atoms with Crippen molar-refractivity contribution in [3.8, 4) is 0 Å². The number of carbonyl (C=O) groups is 1. The van der Waals surface area contributed by atoms with E-state index in [1.54, 1.807) is 0 Å². The monoisotopic (exact) mass is 365 g/mol. The Kier molecular flexibility index (Phi) is 5.88. The van der Waals surface area contributed by atoms with E-state index in [4.69, 9.17) is 4.84 Å². The summed E-state index contributed by atoms with van der Waals surface area (Å²) in [7, 11) is 0.